The number of nitro groups is 1. The van der Waals surface area contributed by atoms with E-state index in [1.165, 1.54) is 36.5 Å². The van der Waals surface area contributed by atoms with Gasteiger partial charge in [0.15, 0.2) is 5.76 Å². The number of carbonyl (C=O) groups is 1. The van der Waals surface area contributed by atoms with Gasteiger partial charge in [-0.15, -0.1) is 0 Å². The Balaban J connectivity index is 1.44. The van der Waals surface area contributed by atoms with Gasteiger partial charge in [0.1, 0.15) is 17.9 Å². The number of nitrogens with zero attached hydrogens (tertiary/aromatic N) is 4. The van der Waals surface area contributed by atoms with Crippen molar-refractivity contribution < 1.29 is 24.0 Å². The number of carboxylic acid groups (broad SMARTS) is 1. The minimum Gasteiger partial charge on any atom is -0.488 e. The fourth-order valence-electron chi connectivity index (χ4n) is 4.44. The quantitative estimate of drug-likeness (QED) is 0.138. The molecule has 6 aromatic rings. The van der Waals surface area contributed by atoms with Crippen molar-refractivity contribution in [3.05, 3.63) is 134 Å². The summed E-state index contributed by atoms with van der Waals surface area (Å²) in [6, 6.07) is 26.1. The van der Waals surface area contributed by atoms with Crippen LogP contribution in [0, 0.1) is 10.1 Å². The Morgan fingerprint density at radius 3 is 2.64 bits per heavy atom. The fraction of sp³-hybridized carbons (Fsp3) is 0.0323. The van der Waals surface area contributed by atoms with Crippen LogP contribution in [0.3, 0.4) is 0 Å². The van der Waals surface area contributed by atoms with E-state index in [9.17, 15) is 24.8 Å². The molecule has 0 saturated carbocycles. The van der Waals surface area contributed by atoms with Crippen molar-refractivity contribution in [1.82, 2.24) is 9.66 Å². The monoisotopic (exact) mass is 560 g/mol. The van der Waals surface area contributed by atoms with Gasteiger partial charge in [-0.05, 0) is 48.0 Å². The molecule has 0 aliphatic rings. The molecule has 0 radical (unpaired) electrons. The molecule has 0 spiro atoms. The van der Waals surface area contributed by atoms with Crippen LogP contribution in [-0.2, 0) is 6.61 Å². The standard InChI is InChI=1S/C31H20N4O7/c36-30-24-9-2-3-10-25(24)33-29(28-16-20-7-1-4-11-27(20)42-28)34(30)32-17-22-15-23(35(39)40)12-13-26(22)41-18-19-6-5-8-21(14-19)31(37)38/h1-17H,18H2,(H,37,38). The molecule has 0 unspecified atom stereocenters. The minimum absolute atomic E-state index is 0.0124. The van der Waals surface area contributed by atoms with Gasteiger partial charge in [0.2, 0.25) is 5.82 Å². The molecule has 11 nitrogen and oxygen atoms in total. The van der Waals surface area contributed by atoms with Crippen molar-refractivity contribution in [2.24, 2.45) is 5.10 Å². The average Bonchev–Trinajstić information content (AvgIpc) is 3.44. The van der Waals surface area contributed by atoms with Gasteiger partial charge in [-0.2, -0.15) is 9.78 Å². The highest BCUT2D eigenvalue weighted by Crippen LogP contribution is 2.28. The van der Waals surface area contributed by atoms with Crippen LogP contribution < -0.4 is 10.3 Å². The van der Waals surface area contributed by atoms with Crippen LogP contribution in [0.25, 0.3) is 33.5 Å². The lowest BCUT2D eigenvalue weighted by atomic mass is 10.1. The molecule has 11 heteroatoms. The highest BCUT2D eigenvalue weighted by molar-refractivity contribution is 5.88. The molecule has 42 heavy (non-hydrogen) atoms. The number of ether oxygens (including phenoxy) is 1. The Morgan fingerprint density at radius 1 is 1.02 bits per heavy atom. The molecule has 6 rings (SSSR count). The summed E-state index contributed by atoms with van der Waals surface area (Å²) in [5.74, 6) is -0.388. The van der Waals surface area contributed by atoms with E-state index in [4.69, 9.17) is 9.15 Å². The van der Waals surface area contributed by atoms with E-state index in [1.54, 1.807) is 48.5 Å². The number of carboxylic acids is 1. The topological polar surface area (TPSA) is 150 Å². The highest BCUT2D eigenvalue weighted by atomic mass is 16.6. The van der Waals surface area contributed by atoms with Crippen LogP contribution in [0.5, 0.6) is 5.75 Å². The molecule has 0 saturated heterocycles. The summed E-state index contributed by atoms with van der Waals surface area (Å²) in [7, 11) is 0. The summed E-state index contributed by atoms with van der Waals surface area (Å²) < 4.78 is 13.0. The van der Waals surface area contributed by atoms with Crippen LogP contribution >= 0.6 is 0 Å². The third-order valence-corrected chi connectivity index (χ3v) is 6.48. The number of benzene rings is 4. The second-order valence-corrected chi connectivity index (χ2v) is 9.24. The number of rotatable bonds is 8. The first kappa shape index (κ1) is 26.1. The van der Waals surface area contributed by atoms with Crippen LogP contribution in [-0.4, -0.2) is 31.9 Å². The van der Waals surface area contributed by atoms with Crippen LogP contribution in [0.15, 0.2) is 111 Å². The molecule has 0 aliphatic carbocycles. The highest BCUT2D eigenvalue weighted by Gasteiger charge is 2.17. The molecule has 0 atom stereocenters. The summed E-state index contributed by atoms with van der Waals surface area (Å²) in [5, 5.41) is 26.3. The third kappa shape index (κ3) is 5.09. The van der Waals surface area contributed by atoms with Gasteiger partial charge in [0, 0.05) is 23.1 Å². The first-order chi connectivity index (χ1) is 20.4. The number of aromatic nitrogens is 2. The zero-order valence-corrected chi connectivity index (χ0v) is 21.7. The summed E-state index contributed by atoms with van der Waals surface area (Å²) in [6.07, 6.45) is 1.28. The molecular weight excluding hydrogens is 540 g/mol. The molecule has 2 heterocycles. The average molecular weight is 561 g/mol. The van der Waals surface area contributed by atoms with E-state index in [-0.39, 0.29) is 35.0 Å². The smallest absolute Gasteiger partial charge is 0.335 e. The van der Waals surface area contributed by atoms with Crippen LogP contribution in [0.1, 0.15) is 21.5 Å². The molecule has 1 N–H and O–H groups in total. The van der Waals surface area contributed by atoms with Gasteiger partial charge < -0.3 is 14.3 Å². The lowest BCUT2D eigenvalue weighted by molar-refractivity contribution is -0.384. The molecule has 0 aliphatic heterocycles. The molecule has 0 amide bonds. The summed E-state index contributed by atoms with van der Waals surface area (Å²) >= 11 is 0. The van der Waals surface area contributed by atoms with Gasteiger partial charge in [0.25, 0.3) is 11.2 Å². The molecule has 2 aromatic heterocycles. The molecule has 4 aromatic carbocycles. The zero-order valence-electron chi connectivity index (χ0n) is 21.7. The first-order valence-corrected chi connectivity index (χ1v) is 12.7. The number of aromatic carboxylic acids is 1. The van der Waals surface area contributed by atoms with Crippen LogP contribution in [0.2, 0.25) is 0 Å². The van der Waals surface area contributed by atoms with E-state index >= 15 is 0 Å². The van der Waals surface area contributed by atoms with Crippen molar-refractivity contribution in [2.75, 3.05) is 0 Å². The predicted molar refractivity (Wildman–Crippen MR) is 155 cm³/mol. The number of hydrogen-bond donors (Lipinski definition) is 1. The SMILES string of the molecule is O=C(O)c1cccc(COc2ccc([N+](=O)[O-])cc2C=Nn2c(-c3cc4ccccc4o3)nc3ccccc3c2=O)c1. The maximum atomic E-state index is 13.6. The molecule has 0 fully saturated rings. The van der Waals surface area contributed by atoms with E-state index in [0.29, 0.717) is 27.8 Å². The number of para-hydroxylation sites is 2. The van der Waals surface area contributed by atoms with E-state index < -0.39 is 16.5 Å². The van der Waals surface area contributed by atoms with Gasteiger partial charge in [-0.1, -0.05) is 42.5 Å². The number of furan rings is 1. The first-order valence-electron chi connectivity index (χ1n) is 12.7. The minimum atomic E-state index is -1.07. The lowest BCUT2D eigenvalue weighted by Crippen LogP contribution is -2.20. The zero-order chi connectivity index (χ0) is 29.2. The van der Waals surface area contributed by atoms with Crippen molar-refractivity contribution in [3.63, 3.8) is 0 Å². The Bertz CT molecular complexity index is 2060. The predicted octanol–water partition coefficient (Wildman–Crippen LogP) is 5.88. The lowest BCUT2D eigenvalue weighted by Gasteiger charge is -2.10. The molecular formula is C31H20N4O7. The Hall–Kier alpha value is -6.10. The third-order valence-electron chi connectivity index (χ3n) is 6.48. The van der Waals surface area contributed by atoms with Crippen molar-refractivity contribution in [2.45, 2.75) is 6.61 Å². The van der Waals surface area contributed by atoms with Gasteiger partial charge in [-0.25, -0.2) is 9.78 Å². The Kier molecular flexibility index (Phi) is 6.73. The van der Waals surface area contributed by atoms with Crippen LogP contribution in [0.4, 0.5) is 5.69 Å². The van der Waals surface area contributed by atoms with E-state index in [2.05, 4.69) is 10.1 Å². The largest absolute Gasteiger partial charge is 0.488 e. The van der Waals surface area contributed by atoms with Crippen molar-refractivity contribution in [3.8, 4) is 17.3 Å². The normalized spacial score (nSPS) is 11.3. The second kappa shape index (κ2) is 10.8. The number of hydrogen-bond acceptors (Lipinski definition) is 8. The second-order valence-electron chi connectivity index (χ2n) is 9.24. The summed E-state index contributed by atoms with van der Waals surface area (Å²) in [6.45, 7) is -0.0124. The summed E-state index contributed by atoms with van der Waals surface area (Å²) in [4.78, 5) is 40.6. The number of fused-ring (bicyclic) bond motifs is 2. The van der Waals surface area contributed by atoms with Gasteiger partial charge >= 0.3 is 5.97 Å². The maximum absolute atomic E-state index is 13.6. The Morgan fingerprint density at radius 2 is 1.83 bits per heavy atom. The van der Waals surface area contributed by atoms with E-state index in [1.807, 2.05) is 18.2 Å². The maximum Gasteiger partial charge on any atom is 0.335 e. The van der Waals surface area contributed by atoms with Crippen molar-refractivity contribution in [1.29, 1.82) is 0 Å². The van der Waals surface area contributed by atoms with Gasteiger partial charge in [0.05, 0.1) is 27.6 Å². The number of non-ortho nitro benzene ring substituents is 1. The van der Waals surface area contributed by atoms with Gasteiger partial charge in [-0.3, -0.25) is 14.9 Å². The molecule has 206 valence electrons. The Labute approximate surface area is 236 Å². The molecule has 0 bridgehead atoms. The summed E-state index contributed by atoms with van der Waals surface area (Å²) in [5.41, 5.74) is 1.28. The fourth-order valence-corrected chi connectivity index (χ4v) is 4.44. The number of nitro benzene ring substituents is 1. The van der Waals surface area contributed by atoms with E-state index in [0.717, 1.165) is 10.1 Å². The van der Waals surface area contributed by atoms with Crippen molar-refractivity contribution >= 4 is 39.7 Å².